The van der Waals surface area contributed by atoms with Gasteiger partial charge >= 0.3 is 0 Å². The fourth-order valence-corrected chi connectivity index (χ4v) is 4.81. The molecule has 2 atom stereocenters. The molecule has 11 heteroatoms. The Balaban J connectivity index is 1.57. The van der Waals surface area contributed by atoms with E-state index in [9.17, 15) is 24.5 Å². The van der Waals surface area contributed by atoms with Crippen LogP contribution in [0.5, 0.6) is 5.75 Å². The smallest absolute Gasteiger partial charge is 0.270 e. The molecule has 5 rings (SSSR count). The Morgan fingerprint density at radius 1 is 0.861 bits per heavy atom. The summed E-state index contributed by atoms with van der Waals surface area (Å²) < 4.78 is 5.50. The molecule has 0 N–H and O–H groups in total. The number of nitro benzene ring substituents is 1. The van der Waals surface area contributed by atoms with Gasteiger partial charge in [-0.3, -0.25) is 29.4 Å². The quantitative estimate of drug-likeness (QED) is 0.192. The van der Waals surface area contributed by atoms with E-state index in [0.717, 1.165) is 17.0 Å². The first-order valence-electron chi connectivity index (χ1n) is 10.9. The number of non-ortho nitro benzene ring substituents is 1. The van der Waals surface area contributed by atoms with Crippen molar-refractivity contribution in [3.8, 4) is 5.75 Å². The van der Waals surface area contributed by atoms with Crippen molar-refractivity contribution in [3.63, 3.8) is 0 Å². The van der Waals surface area contributed by atoms with Crippen molar-refractivity contribution in [2.45, 2.75) is 19.0 Å². The largest absolute Gasteiger partial charge is 0.494 e. The molecule has 0 bridgehead atoms. The van der Waals surface area contributed by atoms with Crippen LogP contribution in [0.2, 0.25) is 10.0 Å². The molecular formula is C25H17Cl2N3O6. The highest BCUT2D eigenvalue weighted by Crippen LogP contribution is 2.45. The molecular weight excluding hydrogens is 509 g/mol. The Morgan fingerprint density at radius 2 is 1.56 bits per heavy atom. The number of nitrogens with zero attached hydrogens (tertiary/aromatic N) is 3. The Kier molecular flexibility index (Phi) is 5.89. The third kappa shape index (κ3) is 3.68. The van der Waals surface area contributed by atoms with Gasteiger partial charge in [0.15, 0.2) is 0 Å². The second-order valence-electron chi connectivity index (χ2n) is 8.17. The van der Waals surface area contributed by atoms with E-state index < -0.39 is 34.7 Å². The van der Waals surface area contributed by atoms with Gasteiger partial charge in [-0.05, 0) is 48.9 Å². The number of halogens is 2. The van der Waals surface area contributed by atoms with Crippen molar-refractivity contribution in [1.82, 2.24) is 4.90 Å². The van der Waals surface area contributed by atoms with Crippen molar-refractivity contribution in [1.29, 1.82) is 0 Å². The summed E-state index contributed by atoms with van der Waals surface area (Å²) in [5.74, 6) is -1.33. The third-order valence-electron chi connectivity index (χ3n) is 6.17. The number of carbonyl (C=O) groups is 3. The average Bonchev–Trinajstić information content (AvgIpc) is 3.10. The number of imide groups is 1. The van der Waals surface area contributed by atoms with E-state index in [4.69, 9.17) is 27.9 Å². The summed E-state index contributed by atoms with van der Waals surface area (Å²) >= 11 is 12.2. The molecule has 0 saturated carbocycles. The number of ether oxygens (including phenoxy) is 1. The van der Waals surface area contributed by atoms with Crippen LogP contribution in [0, 0.1) is 10.1 Å². The summed E-state index contributed by atoms with van der Waals surface area (Å²) in [7, 11) is 0. The molecule has 0 spiro atoms. The van der Waals surface area contributed by atoms with Crippen LogP contribution in [0.1, 0.15) is 39.2 Å². The standard InChI is InChI=1S/C25H17Cl2N3O6/c1-2-36-16-7-3-13(4-8-16)21-22(25(33)28(21)14-6-10-19(26)20(27)12-14)29-23(31)17-9-5-15(30(34)35)11-18(17)24(29)32/h3-12,21-22H,2H2,1H3/t21-,22+/m1/s1. The highest BCUT2D eigenvalue weighted by molar-refractivity contribution is 6.42. The monoisotopic (exact) mass is 525 g/mol. The SMILES string of the molecule is CCOc1ccc([C@@H]2[C@H](N3C(=O)c4ccc([N+](=O)[O-])cc4C3=O)C(=O)N2c2ccc(Cl)c(Cl)c2)cc1. The molecule has 1 fully saturated rings. The van der Waals surface area contributed by atoms with Gasteiger partial charge in [0, 0.05) is 17.8 Å². The van der Waals surface area contributed by atoms with Crippen LogP contribution in [0.3, 0.4) is 0 Å². The number of β-lactam (4-membered cyclic amide) rings is 1. The highest BCUT2D eigenvalue weighted by atomic mass is 35.5. The van der Waals surface area contributed by atoms with E-state index in [1.807, 2.05) is 6.92 Å². The lowest BCUT2D eigenvalue weighted by Gasteiger charge is -2.49. The maximum atomic E-state index is 13.5. The van der Waals surface area contributed by atoms with Crippen molar-refractivity contribution in [3.05, 3.63) is 97.5 Å². The highest BCUT2D eigenvalue weighted by Gasteiger charge is 2.57. The number of benzene rings is 3. The van der Waals surface area contributed by atoms with Gasteiger partial charge in [0.25, 0.3) is 23.4 Å². The Labute approximate surface area is 214 Å². The van der Waals surface area contributed by atoms with Gasteiger partial charge in [-0.25, -0.2) is 0 Å². The molecule has 36 heavy (non-hydrogen) atoms. The van der Waals surface area contributed by atoms with Crippen LogP contribution in [0.4, 0.5) is 11.4 Å². The summed E-state index contributed by atoms with van der Waals surface area (Å²) in [5.41, 5.74) is 0.669. The Hall–Kier alpha value is -3.95. The minimum absolute atomic E-state index is 0.0110. The van der Waals surface area contributed by atoms with Gasteiger partial charge in [-0.15, -0.1) is 0 Å². The topological polar surface area (TPSA) is 110 Å². The molecule has 2 heterocycles. The number of carbonyl (C=O) groups excluding carboxylic acids is 3. The van der Waals surface area contributed by atoms with Gasteiger partial charge < -0.3 is 9.64 Å². The lowest BCUT2D eigenvalue weighted by molar-refractivity contribution is -0.384. The fraction of sp³-hybridized carbons (Fsp3) is 0.160. The first kappa shape index (κ1) is 23.8. The van der Waals surface area contributed by atoms with Gasteiger partial charge in [0.05, 0.1) is 38.7 Å². The Bertz CT molecular complexity index is 1440. The zero-order chi connectivity index (χ0) is 25.7. The molecule has 0 radical (unpaired) electrons. The number of hydrogen-bond donors (Lipinski definition) is 0. The van der Waals surface area contributed by atoms with Crippen LogP contribution in [-0.4, -0.2) is 40.2 Å². The third-order valence-corrected chi connectivity index (χ3v) is 6.91. The molecule has 3 aromatic carbocycles. The zero-order valence-corrected chi connectivity index (χ0v) is 20.2. The van der Waals surface area contributed by atoms with E-state index in [2.05, 4.69) is 0 Å². The number of hydrogen-bond acceptors (Lipinski definition) is 6. The first-order valence-corrected chi connectivity index (χ1v) is 11.7. The van der Waals surface area contributed by atoms with Crippen LogP contribution >= 0.6 is 23.2 Å². The van der Waals surface area contributed by atoms with E-state index in [-0.39, 0.29) is 21.8 Å². The molecule has 3 amide bonds. The molecule has 3 aromatic rings. The summed E-state index contributed by atoms with van der Waals surface area (Å²) in [6.07, 6.45) is 0. The predicted molar refractivity (Wildman–Crippen MR) is 132 cm³/mol. The van der Waals surface area contributed by atoms with E-state index in [1.54, 1.807) is 36.4 Å². The molecule has 0 aliphatic carbocycles. The second kappa shape index (κ2) is 8.92. The minimum Gasteiger partial charge on any atom is -0.494 e. The summed E-state index contributed by atoms with van der Waals surface area (Å²) in [6, 6.07) is 13.2. The van der Waals surface area contributed by atoms with Gasteiger partial charge in [-0.2, -0.15) is 0 Å². The van der Waals surface area contributed by atoms with E-state index in [0.29, 0.717) is 28.6 Å². The van der Waals surface area contributed by atoms with E-state index in [1.165, 1.54) is 17.0 Å². The Morgan fingerprint density at radius 3 is 2.19 bits per heavy atom. The lowest BCUT2D eigenvalue weighted by Crippen LogP contribution is -2.67. The number of fused-ring (bicyclic) bond motifs is 1. The van der Waals surface area contributed by atoms with Crippen molar-refractivity contribution >= 4 is 52.3 Å². The summed E-state index contributed by atoms with van der Waals surface area (Å²) in [6.45, 7) is 2.33. The molecule has 0 unspecified atom stereocenters. The summed E-state index contributed by atoms with van der Waals surface area (Å²) in [5, 5.41) is 11.7. The molecule has 1 saturated heterocycles. The maximum Gasteiger partial charge on any atom is 0.270 e. The van der Waals surface area contributed by atoms with Gasteiger partial charge in [0.1, 0.15) is 11.8 Å². The van der Waals surface area contributed by atoms with E-state index >= 15 is 0 Å². The maximum absolute atomic E-state index is 13.5. The number of nitro groups is 1. The average molecular weight is 526 g/mol. The first-order chi connectivity index (χ1) is 17.2. The van der Waals surface area contributed by atoms with Crippen molar-refractivity contribution in [2.24, 2.45) is 0 Å². The normalized spacial score (nSPS) is 18.8. The summed E-state index contributed by atoms with van der Waals surface area (Å²) in [4.78, 5) is 52.9. The van der Waals surface area contributed by atoms with Crippen LogP contribution in [0.25, 0.3) is 0 Å². The van der Waals surface area contributed by atoms with Crippen molar-refractivity contribution in [2.75, 3.05) is 11.5 Å². The number of rotatable bonds is 6. The van der Waals surface area contributed by atoms with Crippen LogP contribution < -0.4 is 9.64 Å². The van der Waals surface area contributed by atoms with Crippen molar-refractivity contribution < 1.29 is 24.0 Å². The lowest BCUT2D eigenvalue weighted by atomic mass is 9.86. The molecule has 2 aliphatic heterocycles. The van der Waals surface area contributed by atoms with Gasteiger partial charge in [-0.1, -0.05) is 35.3 Å². The number of anilines is 1. The molecule has 182 valence electrons. The van der Waals surface area contributed by atoms with Gasteiger partial charge in [0.2, 0.25) is 0 Å². The number of amides is 3. The van der Waals surface area contributed by atoms with Crippen LogP contribution in [0.15, 0.2) is 60.7 Å². The zero-order valence-electron chi connectivity index (χ0n) is 18.7. The molecule has 2 aliphatic rings. The molecule has 9 nitrogen and oxygen atoms in total. The minimum atomic E-state index is -1.16. The molecule has 0 aromatic heterocycles. The second-order valence-corrected chi connectivity index (χ2v) is 8.98. The fourth-order valence-electron chi connectivity index (χ4n) is 4.52. The predicted octanol–water partition coefficient (Wildman–Crippen LogP) is 5.05. The van der Waals surface area contributed by atoms with Crippen LogP contribution in [-0.2, 0) is 4.79 Å².